The summed E-state index contributed by atoms with van der Waals surface area (Å²) >= 11 is 1.16. The van der Waals surface area contributed by atoms with Crippen LogP contribution < -0.4 is 4.90 Å². The average Bonchev–Trinajstić information content (AvgIpc) is 2.95. The van der Waals surface area contributed by atoms with Crippen LogP contribution in [0.3, 0.4) is 0 Å². The molecule has 0 N–H and O–H groups in total. The molecule has 1 aliphatic heterocycles. The van der Waals surface area contributed by atoms with Gasteiger partial charge in [-0.1, -0.05) is 0 Å². The zero-order chi connectivity index (χ0) is 24.6. The van der Waals surface area contributed by atoms with Crippen molar-refractivity contribution in [2.45, 2.75) is 23.5 Å². The van der Waals surface area contributed by atoms with Crippen LogP contribution in [-0.2, 0) is 19.8 Å². The van der Waals surface area contributed by atoms with E-state index in [-0.39, 0.29) is 27.4 Å². The first-order chi connectivity index (χ1) is 15.2. The van der Waals surface area contributed by atoms with E-state index in [1.54, 1.807) is 0 Å². The van der Waals surface area contributed by atoms with Crippen molar-refractivity contribution in [2.24, 2.45) is 4.99 Å². The zero-order valence-corrected chi connectivity index (χ0v) is 19.5. The van der Waals surface area contributed by atoms with E-state index >= 15 is 0 Å². The number of carbonyl (C=O) groups excluding carboxylic acids is 1. The van der Waals surface area contributed by atoms with E-state index in [1.807, 2.05) is 0 Å². The van der Waals surface area contributed by atoms with Crippen molar-refractivity contribution in [2.75, 3.05) is 16.9 Å². The number of aliphatic imine (C=N–C) groups is 1. The molecule has 0 fully saturated rings. The molecule has 0 aromatic heterocycles. The van der Waals surface area contributed by atoms with E-state index in [0.717, 1.165) is 35.1 Å². The summed E-state index contributed by atoms with van der Waals surface area (Å²) < 4.78 is 77.3. The lowest BCUT2D eigenvalue weighted by molar-refractivity contribution is -0.137. The van der Waals surface area contributed by atoms with Crippen LogP contribution in [0.2, 0.25) is 0 Å². The van der Waals surface area contributed by atoms with Gasteiger partial charge in [-0.2, -0.15) is 18.4 Å². The number of rotatable bonds is 5. The first-order valence-electron chi connectivity index (χ1n) is 9.07. The Hall–Kier alpha value is -2.56. The number of anilines is 1. The molecule has 2 aromatic carbocycles. The molecule has 0 spiro atoms. The molecule has 13 heteroatoms. The van der Waals surface area contributed by atoms with Gasteiger partial charge in [0.1, 0.15) is 11.4 Å². The van der Waals surface area contributed by atoms with Gasteiger partial charge < -0.3 is 0 Å². The number of hydrogen-bond donors (Lipinski definition) is 0. The molecule has 0 aliphatic carbocycles. The molecule has 2 aromatic rings. The van der Waals surface area contributed by atoms with Crippen molar-refractivity contribution in [3.63, 3.8) is 0 Å². The Morgan fingerprint density at radius 2 is 1.82 bits per heavy atom. The molecule has 33 heavy (non-hydrogen) atoms. The lowest BCUT2D eigenvalue weighted by atomic mass is 10.0. The molecule has 1 aliphatic rings. The quantitative estimate of drug-likeness (QED) is 0.326. The zero-order valence-electron chi connectivity index (χ0n) is 17.1. The number of nitriles is 1. The summed E-state index contributed by atoms with van der Waals surface area (Å²) in [4.78, 5) is 19.0. The van der Waals surface area contributed by atoms with Crippen LogP contribution in [0.4, 0.5) is 23.2 Å². The third-order valence-corrected chi connectivity index (χ3v) is 7.84. The second-order valence-electron chi connectivity index (χ2n) is 7.18. The molecule has 3 rings (SSSR count). The molecule has 0 unspecified atom stereocenters. The molecule has 0 saturated heterocycles. The molecule has 1 heterocycles. The number of thioether (sulfide) groups is 1. The van der Waals surface area contributed by atoms with E-state index in [9.17, 15) is 30.8 Å². The minimum Gasteiger partial charge on any atom is -0.271 e. The molecule has 6 nitrogen and oxygen atoms in total. The minimum atomic E-state index is -4.87. The van der Waals surface area contributed by atoms with Crippen molar-refractivity contribution in [1.82, 2.24) is 0 Å². The predicted octanol–water partition coefficient (Wildman–Crippen LogP) is 4.66. The Labute approximate surface area is 195 Å². The largest absolute Gasteiger partial charge is 0.417 e. The minimum absolute atomic E-state index is 0.0181. The van der Waals surface area contributed by atoms with Gasteiger partial charge in [-0.3, -0.25) is 9.69 Å². The summed E-state index contributed by atoms with van der Waals surface area (Å²) in [5, 5.41) is 8.71. The molecular formula is C20H15F4N3O3S3. The highest BCUT2D eigenvalue weighted by atomic mass is 33.1. The maximum atomic E-state index is 13.4. The number of hydrogen-bond acceptors (Lipinski definition) is 7. The van der Waals surface area contributed by atoms with Gasteiger partial charge in [0, 0.05) is 27.7 Å². The second kappa shape index (κ2) is 9.00. The van der Waals surface area contributed by atoms with E-state index in [4.69, 9.17) is 5.26 Å². The topological polar surface area (TPSA) is 90.6 Å². The maximum Gasteiger partial charge on any atom is 0.417 e. The van der Waals surface area contributed by atoms with Gasteiger partial charge in [0.25, 0.3) is 5.91 Å². The van der Waals surface area contributed by atoms with Crippen LogP contribution in [0.25, 0.3) is 0 Å². The Kier molecular flexibility index (Phi) is 6.84. The summed E-state index contributed by atoms with van der Waals surface area (Å²) in [5.74, 6) is -1.16. The number of benzene rings is 2. The van der Waals surface area contributed by atoms with Gasteiger partial charge in [-0.05, 0) is 49.4 Å². The molecule has 1 atom stereocenters. The lowest BCUT2D eigenvalue weighted by Gasteiger charge is -2.23. The smallest absolute Gasteiger partial charge is 0.271 e. The molecule has 0 radical (unpaired) electrons. The van der Waals surface area contributed by atoms with Crippen molar-refractivity contribution in [1.29, 1.82) is 5.26 Å². The van der Waals surface area contributed by atoms with Gasteiger partial charge >= 0.3 is 6.18 Å². The Morgan fingerprint density at radius 3 is 2.36 bits per heavy atom. The van der Waals surface area contributed by atoms with Crippen molar-refractivity contribution in [3.8, 4) is 6.07 Å². The number of halogens is 4. The molecular weight excluding hydrogens is 502 g/mol. The van der Waals surface area contributed by atoms with Crippen LogP contribution >= 0.6 is 22.6 Å². The highest BCUT2D eigenvalue weighted by molar-refractivity contribution is 8.77. The van der Waals surface area contributed by atoms with E-state index in [0.29, 0.717) is 11.0 Å². The van der Waals surface area contributed by atoms with Gasteiger partial charge in [-0.25, -0.2) is 17.8 Å². The molecule has 174 valence electrons. The molecule has 1 amide bonds. The second-order valence-corrected chi connectivity index (χ2v) is 12.5. The molecule has 0 bridgehead atoms. The first kappa shape index (κ1) is 25.1. The monoisotopic (exact) mass is 517 g/mol. The van der Waals surface area contributed by atoms with E-state index in [1.165, 1.54) is 37.3 Å². The SMILES string of the molecule is C[C@]1(CSc2ccc(F)cc2)N=C(SS(C)(=O)=O)N(c2ccc(C#N)c(C(F)(F)F)c2)C1=O. The Balaban J connectivity index is 2.02. The normalized spacial score (nSPS) is 18.9. The van der Waals surface area contributed by atoms with Crippen molar-refractivity contribution >= 4 is 48.2 Å². The van der Waals surface area contributed by atoms with Gasteiger partial charge in [0.15, 0.2) is 5.17 Å². The number of alkyl halides is 3. The summed E-state index contributed by atoms with van der Waals surface area (Å²) in [6.07, 6.45) is -3.99. The number of amides is 1. The maximum absolute atomic E-state index is 13.4. The number of nitrogens with zero attached hydrogens (tertiary/aromatic N) is 3. The number of amidine groups is 1. The fourth-order valence-electron chi connectivity index (χ4n) is 2.91. The Morgan fingerprint density at radius 1 is 1.18 bits per heavy atom. The summed E-state index contributed by atoms with van der Waals surface area (Å²) in [6, 6.07) is 9.57. The van der Waals surface area contributed by atoms with Crippen LogP contribution in [0.5, 0.6) is 0 Å². The third-order valence-electron chi connectivity index (χ3n) is 4.44. The van der Waals surface area contributed by atoms with E-state index in [2.05, 4.69) is 4.99 Å². The van der Waals surface area contributed by atoms with Crippen LogP contribution in [0.1, 0.15) is 18.1 Å². The van der Waals surface area contributed by atoms with Crippen LogP contribution in [0, 0.1) is 17.1 Å². The van der Waals surface area contributed by atoms with Crippen LogP contribution in [0.15, 0.2) is 52.4 Å². The van der Waals surface area contributed by atoms with Gasteiger partial charge in [0.2, 0.25) is 8.87 Å². The highest BCUT2D eigenvalue weighted by Crippen LogP contribution is 2.40. The average molecular weight is 518 g/mol. The van der Waals surface area contributed by atoms with E-state index < -0.39 is 43.4 Å². The number of carbonyl (C=O) groups is 1. The summed E-state index contributed by atoms with van der Waals surface area (Å²) in [5.41, 5.74) is -3.66. The fraction of sp³-hybridized carbons (Fsp3) is 0.250. The van der Waals surface area contributed by atoms with Gasteiger partial charge in [0.05, 0.1) is 22.9 Å². The van der Waals surface area contributed by atoms with Crippen molar-refractivity contribution < 1.29 is 30.8 Å². The standard InChI is InChI=1S/C20H15F4N3O3S3/c1-19(11-31-15-7-4-13(21)5-8-15)17(28)27(18(26-19)32-33(2,29)30)14-6-3-12(10-25)16(9-14)20(22,23)24/h3-9H,11H2,1-2H3/t19-/m1/s1. The van der Waals surface area contributed by atoms with Crippen LogP contribution in [-0.4, -0.2) is 37.0 Å². The highest BCUT2D eigenvalue weighted by Gasteiger charge is 2.47. The first-order valence-corrected chi connectivity index (χ1v) is 13.3. The van der Waals surface area contributed by atoms with Crippen molar-refractivity contribution in [3.05, 3.63) is 59.4 Å². The predicted molar refractivity (Wildman–Crippen MR) is 119 cm³/mol. The third kappa shape index (κ3) is 5.69. The van der Waals surface area contributed by atoms with Gasteiger partial charge in [-0.15, -0.1) is 11.8 Å². The summed E-state index contributed by atoms with van der Waals surface area (Å²) in [6.45, 7) is 1.43. The summed E-state index contributed by atoms with van der Waals surface area (Å²) in [7, 11) is -3.53. The molecule has 0 saturated carbocycles. The fourth-order valence-corrected chi connectivity index (χ4v) is 5.79. The lowest BCUT2D eigenvalue weighted by Crippen LogP contribution is -2.42. The Bertz CT molecular complexity index is 1270.